The standard InChI is InChI=1S/C26H21N3O5S2/c1-17-4-6-18(7-5-17)16-29-21-12-14-35-25(21)24(30)23(36(29,32)33)15-27-19-8-10-20(11-9-19)28-26(31)22-3-2-13-34-22/h2-15,27H,16H2,1H3,(H,28,31). The minimum absolute atomic E-state index is 0.112. The Morgan fingerprint density at radius 3 is 2.44 bits per heavy atom. The highest BCUT2D eigenvalue weighted by atomic mass is 32.2. The second-order valence-electron chi connectivity index (χ2n) is 8.12. The minimum atomic E-state index is -4.10. The van der Waals surface area contributed by atoms with E-state index in [0.717, 1.165) is 11.1 Å². The molecule has 2 N–H and O–H groups in total. The van der Waals surface area contributed by atoms with Crippen LogP contribution in [0.15, 0.2) is 93.9 Å². The number of amides is 1. The van der Waals surface area contributed by atoms with Crippen molar-refractivity contribution in [1.29, 1.82) is 0 Å². The van der Waals surface area contributed by atoms with Gasteiger partial charge in [0.15, 0.2) is 10.7 Å². The number of allylic oxidation sites excluding steroid dienone is 1. The Morgan fingerprint density at radius 2 is 1.75 bits per heavy atom. The molecule has 0 saturated carbocycles. The van der Waals surface area contributed by atoms with Crippen LogP contribution in [0.25, 0.3) is 0 Å². The summed E-state index contributed by atoms with van der Waals surface area (Å²) in [6, 6.07) is 19.1. The van der Waals surface area contributed by atoms with Crippen LogP contribution < -0.4 is 14.9 Å². The number of nitrogens with zero attached hydrogens (tertiary/aromatic N) is 1. The Kier molecular flexibility index (Phi) is 6.21. The zero-order valence-corrected chi connectivity index (χ0v) is 20.7. The highest BCUT2D eigenvalue weighted by Gasteiger charge is 2.41. The fourth-order valence-electron chi connectivity index (χ4n) is 3.71. The molecule has 0 saturated heterocycles. The van der Waals surface area contributed by atoms with E-state index in [9.17, 15) is 18.0 Å². The van der Waals surface area contributed by atoms with E-state index >= 15 is 0 Å². The minimum Gasteiger partial charge on any atom is -0.459 e. The maximum absolute atomic E-state index is 13.5. The number of rotatable bonds is 6. The van der Waals surface area contributed by atoms with Crippen LogP contribution in [0.5, 0.6) is 0 Å². The van der Waals surface area contributed by atoms with E-state index in [-0.39, 0.29) is 23.1 Å². The number of ketones is 1. The third-order valence-corrected chi connectivity index (χ3v) is 8.28. The number of nitrogens with one attached hydrogen (secondary N) is 2. The summed E-state index contributed by atoms with van der Waals surface area (Å²) in [5.41, 5.74) is 3.35. The lowest BCUT2D eigenvalue weighted by molar-refractivity contribution is 0.0995. The number of anilines is 3. The van der Waals surface area contributed by atoms with E-state index in [1.165, 1.54) is 28.1 Å². The molecule has 0 aliphatic carbocycles. The summed E-state index contributed by atoms with van der Waals surface area (Å²) < 4.78 is 33.4. The van der Waals surface area contributed by atoms with Crippen LogP contribution in [0.2, 0.25) is 0 Å². The Morgan fingerprint density at radius 1 is 1.03 bits per heavy atom. The van der Waals surface area contributed by atoms with Crippen molar-refractivity contribution in [2.24, 2.45) is 0 Å². The number of hydrogen-bond donors (Lipinski definition) is 2. The maximum atomic E-state index is 13.5. The van der Waals surface area contributed by atoms with Crippen molar-refractivity contribution in [2.45, 2.75) is 13.5 Å². The van der Waals surface area contributed by atoms with Crippen LogP contribution in [-0.2, 0) is 16.6 Å². The largest absolute Gasteiger partial charge is 0.459 e. The number of carbonyl (C=O) groups excluding carboxylic acids is 2. The fraction of sp³-hybridized carbons (Fsp3) is 0.0769. The van der Waals surface area contributed by atoms with Gasteiger partial charge in [-0.15, -0.1) is 11.3 Å². The molecule has 4 aromatic rings. The number of carbonyl (C=O) groups is 2. The highest BCUT2D eigenvalue weighted by molar-refractivity contribution is 7.97. The quantitative estimate of drug-likeness (QED) is 0.331. The van der Waals surface area contributed by atoms with Gasteiger partial charge in [0.05, 0.1) is 18.5 Å². The number of thiophene rings is 1. The smallest absolute Gasteiger partial charge is 0.291 e. The SMILES string of the molecule is Cc1ccc(CN2c3ccsc3C(=O)C(=CNc3ccc(NC(=O)c4ccco4)cc3)S2(=O)=O)cc1. The average molecular weight is 520 g/mol. The van der Waals surface area contributed by atoms with Crippen LogP contribution in [0.4, 0.5) is 17.1 Å². The summed E-state index contributed by atoms with van der Waals surface area (Å²) in [5, 5.41) is 7.33. The fourth-order valence-corrected chi connectivity index (χ4v) is 6.20. The molecule has 0 fully saturated rings. The van der Waals surface area contributed by atoms with Gasteiger partial charge in [0.25, 0.3) is 15.9 Å². The Labute approximate surface area is 211 Å². The lowest BCUT2D eigenvalue weighted by atomic mass is 10.1. The van der Waals surface area contributed by atoms with E-state index in [1.807, 2.05) is 31.2 Å². The van der Waals surface area contributed by atoms with Gasteiger partial charge in [-0.05, 0) is 60.3 Å². The summed E-state index contributed by atoms with van der Waals surface area (Å²) >= 11 is 1.21. The first-order valence-electron chi connectivity index (χ1n) is 10.9. The summed E-state index contributed by atoms with van der Waals surface area (Å²) in [4.78, 5) is 25.2. The molecule has 0 atom stereocenters. The van der Waals surface area contributed by atoms with E-state index in [4.69, 9.17) is 4.42 Å². The molecule has 0 spiro atoms. The van der Waals surface area contributed by atoms with Gasteiger partial charge in [0.1, 0.15) is 4.88 Å². The topological polar surface area (TPSA) is 109 Å². The number of Topliss-reactive ketones (excluding diaryl/α,β-unsaturated/α-hetero) is 1. The molecule has 36 heavy (non-hydrogen) atoms. The van der Waals surface area contributed by atoms with Crippen LogP contribution in [0.1, 0.15) is 31.4 Å². The number of aryl methyl sites for hydroxylation is 1. The van der Waals surface area contributed by atoms with Gasteiger partial charge in [-0.2, -0.15) is 0 Å². The molecule has 10 heteroatoms. The molecule has 0 unspecified atom stereocenters. The van der Waals surface area contributed by atoms with Crippen molar-refractivity contribution in [1.82, 2.24) is 0 Å². The molecule has 0 radical (unpaired) electrons. The van der Waals surface area contributed by atoms with Gasteiger partial charge >= 0.3 is 0 Å². The number of fused-ring (bicyclic) bond motifs is 1. The van der Waals surface area contributed by atoms with Crippen molar-refractivity contribution in [3.8, 4) is 0 Å². The summed E-state index contributed by atoms with van der Waals surface area (Å²) in [7, 11) is -4.10. The van der Waals surface area contributed by atoms with E-state index in [1.54, 1.807) is 47.8 Å². The molecule has 1 amide bonds. The third kappa shape index (κ3) is 4.56. The molecule has 1 aliphatic heterocycles. The number of furan rings is 1. The van der Waals surface area contributed by atoms with Gasteiger partial charge in [-0.1, -0.05) is 29.8 Å². The van der Waals surface area contributed by atoms with E-state index < -0.39 is 15.8 Å². The zero-order valence-electron chi connectivity index (χ0n) is 19.1. The first-order chi connectivity index (χ1) is 17.3. The van der Waals surface area contributed by atoms with Crippen molar-refractivity contribution in [3.63, 3.8) is 0 Å². The summed E-state index contributed by atoms with van der Waals surface area (Å²) in [6.07, 6.45) is 2.63. The lowest BCUT2D eigenvalue weighted by Gasteiger charge is -2.29. The first-order valence-corrected chi connectivity index (χ1v) is 13.3. The van der Waals surface area contributed by atoms with E-state index in [2.05, 4.69) is 10.6 Å². The van der Waals surface area contributed by atoms with Crippen LogP contribution in [0, 0.1) is 6.92 Å². The molecule has 2 aromatic carbocycles. The predicted octanol–water partition coefficient (Wildman–Crippen LogP) is 5.39. The summed E-state index contributed by atoms with van der Waals surface area (Å²) in [6.45, 7) is 2.07. The predicted molar refractivity (Wildman–Crippen MR) is 140 cm³/mol. The van der Waals surface area contributed by atoms with Crippen LogP contribution in [-0.4, -0.2) is 20.1 Å². The molecular formula is C26H21N3O5S2. The van der Waals surface area contributed by atoms with E-state index in [0.29, 0.717) is 21.9 Å². The molecule has 2 aromatic heterocycles. The molecule has 3 heterocycles. The number of benzene rings is 2. The van der Waals surface area contributed by atoms with Crippen molar-refractivity contribution in [3.05, 3.63) is 111 Å². The van der Waals surface area contributed by atoms with Crippen LogP contribution in [0.3, 0.4) is 0 Å². The highest BCUT2D eigenvalue weighted by Crippen LogP contribution is 2.39. The first kappa shape index (κ1) is 23.6. The van der Waals surface area contributed by atoms with Gasteiger partial charge < -0.3 is 15.1 Å². The molecule has 182 valence electrons. The van der Waals surface area contributed by atoms with Crippen molar-refractivity contribution >= 4 is 50.1 Å². The Hall–Kier alpha value is -4.15. The normalized spacial score (nSPS) is 15.5. The average Bonchev–Trinajstić information content (AvgIpc) is 3.57. The van der Waals surface area contributed by atoms with Gasteiger partial charge in [0.2, 0.25) is 5.78 Å². The number of hydrogen-bond acceptors (Lipinski definition) is 7. The maximum Gasteiger partial charge on any atom is 0.291 e. The van der Waals surface area contributed by atoms with Crippen molar-refractivity contribution in [2.75, 3.05) is 14.9 Å². The Balaban J connectivity index is 1.38. The van der Waals surface area contributed by atoms with Gasteiger partial charge in [-0.25, -0.2) is 8.42 Å². The lowest BCUT2D eigenvalue weighted by Crippen LogP contribution is -2.38. The second-order valence-corrected chi connectivity index (χ2v) is 10.9. The van der Waals surface area contributed by atoms with Gasteiger partial charge in [-0.3, -0.25) is 13.9 Å². The molecule has 0 bridgehead atoms. The Bertz CT molecular complexity index is 1550. The number of sulfonamides is 1. The molecule has 8 nitrogen and oxygen atoms in total. The van der Waals surface area contributed by atoms with Crippen LogP contribution >= 0.6 is 11.3 Å². The van der Waals surface area contributed by atoms with Gasteiger partial charge in [0, 0.05) is 17.6 Å². The molecular weight excluding hydrogens is 498 g/mol. The second kappa shape index (κ2) is 9.48. The van der Waals surface area contributed by atoms with Crippen molar-refractivity contribution < 1.29 is 22.4 Å². The molecule has 5 rings (SSSR count). The monoisotopic (exact) mass is 519 g/mol. The third-order valence-electron chi connectivity index (χ3n) is 5.62. The zero-order chi connectivity index (χ0) is 25.3. The summed E-state index contributed by atoms with van der Waals surface area (Å²) in [5.74, 6) is -0.747. The molecule has 1 aliphatic rings.